The summed E-state index contributed by atoms with van der Waals surface area (Å²) in [6.07, 6.45) is 15.2. The number of thioether (sulfide) groups is 1. The van der Waals surface area contributed by atoms with E-state index in [1.165, 1.54) is 20.9 Å². The van der Waals surface area contributed by atoms with Gasteiger partial charge in [-0.2, -0.15) is 0 Å². The summed E-state index contributed by atoms with van der Waals surface area (Å²) >= 11 is 1.92. The van der Waals surface area contributed by atoms with E-state index in [-0.39, 0.29) is 5.91 Å². The van der Waals surface area contributed by atoms with Gasteiger partial charge in [-0.05, 0) is 76.8 Å². The molecule has 1 amide bonds. The van der Waals surface area contributed by atoms with Gasteiger partial charge in [0.2, 0.25) is 5.91 Å². The minimum atomic E-state index is -0.0476. The summed E-state index contributed by atoms with van der Waals surface area (Å²) < 4.78 is 5.87. The molecule has 4 rings (SSSR count). The summed E-state index contributed by atoms with van der Waals surface area (Å²) in [4.78, 5) is 14.3. The third kappa shape index (κ3) is 6.27. The van der Waals surface area contributed by atoms with Crippen LogP contribution in [0.25, 0.3) is 5.57 Å². The first kappa shape index (κ1) is 22.2. The van der Waals surface area contributed by atoms with Gasteiger partial charge in [-0.25, -0.2) is 0 Å². The minimum absolute atomic E-state index is 0.0476. The van der Waals surface area contributed by atoms with Crippen molar-refractivity contribution in [1.29, 1.82) is 0 Å². The Morgan fingerprint density at radius 1 is 1.09 bits per heavy atom. The second kappa shape index (κ2) is 11.1. The number of amides is 1. The number of carbonyl (C=O) groups is 1. The lowest BCUT2D eigenvalue weighted by atomic mass is 9.85. The average Bonchev–Trinajstić information content (AvgIpc) is 2.99. The van der Waals surface area contributed by atoms with Crippen LogP contribution in [0.1, 0.15) is 38.2 Å². The third-order valence-electron chi connectivity index (χ3n) is 5.54. The Hall–Kier alpha value is -2.98. The molecular formula is C28H29NO2S. The van der Waals surface area contributed by atoms with Crippen molar-refractivity contribution in [3.8, 4) is 5.75 Å². The summed E-state index contributed by atoms with van der Waals surface area (Å²) in [6.45, 7) is 2.27. The van der Waals surface area contributed by atoms with Crippen LogP contribution in [-0.4, -0.2) is 12.5 Å². The second-order valence-electron chi connectivity index (χ2n) is 8.08. The van der Waals surface area contributed by atoms with Gasteiger partial charge in [0, 0.05) is 12.6 Å². The maximum Gasteiger partial charge on any atom is 0.221 e. The molecule has 1 aliphatic carbocycles. The first-order chi connectivity index (χ1) is 15.7. The summed E-state index contributed by atoms with van der Waals surface area (Å²) in [5.41, 5.74) is 3.34. The standard InChI is InChI=1S/C28H29NO2S/c1-21(30)29-24-10-7-9-22(19-24)28-15-6-5-13-27-20-23(28)16-17-26(32-27)14-8-18-31-25-11-3-2-4-12-25/h2-7,9-13,15,17,19,23H,8,14,16,18,20H2,1H3,(H,29,30). The largest absolute Gasteiger partial charge is 0.494 e. The van der Waals surface area contributed by atoms with E-state index < -0.39 is 0 Å². The number of hydrogen-bond donors (Lipinski definition) is 1. The number of ether oxygens (including phenoxy) is 1. The smallest absolute Gasteiger partial charge is 0.221 e. The summed E-state index contributed by atoms with van der Waals surface area (Å²) in [5.74, 6) is 1.31. The van der Waals surface area contributed by atoms with Crippen LogP contribution in [0.15, 0.2) is 94.8 Å². The Morgan fingerprint density at radius 2 is 1.94 bits per heavy atom. The first-order valence-corrected chi connectivity index (χ1v) is 12.0. The maximum atomic E-state index is 11.5. The van der Waals surface area contributed by atoms with Gasteiger partial charge in [0.25, 0.3) is 0 Å². The van der Waals surface area contributed by atoms with Gasteiger partial charge in [0.05, 0.1) is 6.61 Å². The molecular weight excluding hydrogens is 414 g/mol. The van der Waals surface area contributed by atoms with Crippen molar-refractivity contribution in [3.63, 3.8) is 0 Å². The van der Waals surface area contributed by atoms with E-state index in [1.807, 2.05) is 54.2 Å². The van der Waals surface area contributed by atoms with Crippen molar-refractivity contribution in [2.75, 3.05) is 11.9 Å². The van der Waals surface area contributed by atoms with E-state index in [0.717, 1.165) is 43.7 Å². The number of allylic oxidation sites excluding steroid dienone is 8. The number of fused-ring (bicyclic) bond motifs is 2. The van der Waals surface area contributed by atoms with Gasteiger partial charge in [0.15, 0.2) is 0 Å². The monoisotopic (exact) mass is 443 g/mol. The molecule has 2 aromatic carbocycles. The minimum Gasteiger partial charge on any atom is -0.494 e. The van der Waals surface area contributed by atoms with Crippen LogP contribution in [0.4, 0.5) is 5.69 Å². The number of nitrogens with one attached hydrogen (secondary N) is 1. The van der Waals surface area contributed by atoms with E-state index in [1.54, 1.807) is 6.92 Å². The predicted molar refractivity (Wildman–Crippen MR) is 136 cm³/mol. The van der Waals surface area contributed by atoms with Crippen LogP contribution >= 0.6 is 11.8 Å². The third-order valence-corrected chi connectivity index (χ3v) is 6.74. The van der Waals surface area contributed by atoms with Crippen molar-refractivity contribution < 1.29 is 9.53 Å². The number of benzene rings is 2. The Morgan fingerprint density at radius 3 is 2.78 bits per heavy atom. The molecule has 3 nitrogen and oxygen atoms in total. The van der Waals surface area contributed by atoms with Crippen LogP contribution in [0.3, 0.4) is 0 Å². The van der Waals surface area contributed by atoms with Gasteiger partial charge in [-0.15, -0.1) is 0 Å². The number of carbonyl (C=O) groups excluding carboxylic acids is 1. The highest BCUT2D eigenvalue weighted by atomic mass is 32.2. The number of anilines is 1. The second-order valence-corrected chi connectivity index (χ2v) is 9.33. The van der Waals surface area contributed by atoms with Gasteiger partial charge < -0.3 is 10.1 Å². The molecule has 1 N–H and O–H groups in total. The lowest BCUT2D eigenvalue weighted by molar-refractivity contribution is -0.114. The fourth-order valence-electron chi connectivity index (χ4n) is 4.07. The van der Waals surface area contributed by atoms with Crippen LogP contribution in [0, 0.1) is 5.92 Å². The molecule has 2 aromatic rings. The molecule has 1 aliphatic heterocycles. The molecule has 164 valence electrons. The van der Waals surface area contributed by atoms with E-state index in [9.17, 15) is 4.79 Å². The number of para-hydroxylation sites is 1. The zero-order valence-corrected chi connectivity index (χ0v) is 19.2. The van der Waals surface area contributed by atoms with Gasteiger partial charge >= 0.3 is 0 Å². The molecule has 0 radical (unpaired) electrons. The van der Waals surface area contributed by atoms with E-state index in [2.05, 4.69) is 47.8 Å². The number of hydrogen-bond acceptors (Lipinski definition) is 3. The van der Waals surface area contributed by atoms with Gasteiger partial charge in [0.1, 0.15) is 5.75 Å². The molecule has 0 aromatic heterocycles. The Balaban J connectivity index is 1.43. The van der Waals surface area contributed by atoms with Crippen molar-refractivity contribution in [1.82, 2.24) is 0 Å². The molecule has 1 heterocycles. The Bertz CT molecular complexity index is 1070. The van der Waals surface area contributed by atoms with Crippen LogP contribution in [0.5, 0.6) is 5.75 Å². The fraction of sp³-hybridized carbons (Fsp3) is 0.250. The molecule has 1 atom stereocenters. The molecule has 2 aliphatic rings. The highest BCUT2D eigenvalue weighted by Gasteiger charge is 2.22. The van der Waals surface area contributed by atoms with Crippen molar-refractivity contribution in [3.05, 3.63) is 100 Å². The van der Waals surface area contributed by atoms with Crippen molar-refractivity contribution >= 4 is 28.9 Å². The molecule has 0 spiro atoms. The zero-order chi connectivity index (χ0) is 22.2. The zero-order valence-electron chi connectivity index (χ0n) is 18.4. The Kier molecular flexibility index (Phi) is 7.68. The lowest BCUT2D eigenvalue weighted by Gasteiger charge is -2.20. The summed E-state index contributed by atoms with van der Waals surface area (Å²) in [7, 11) is 0. The molecule has 0 saturated carbocycles. The average molecular weight is 444 g/mol. The molecule has 4 heteroatoms. The number of rotatable bonds is 7. The van der Waals surface area contributed by atoms with Crippen LogP contribution < -0.4 is 10.1 Å². The molecule has 1 unspecified atom stereocenters. The molecule has 0 saturated heterocycles. The van der Waals surface area contributed by atoms with Crippen molar-refractivity contribution in [2.45, 2.75) is 32.6 Å². The van der Waals surface area contributed by atoms with Gasteiger partial charge in [-0.3, -0.25) is 4.79 Å². The topological polar surface area (TPSA) is 38.3 Å². The quantitative estimate of drug-likeness (QED) is 0.454. The molecule has 32 heavy (non-hydrogen) atoms. The van der Waals surface area contributed by atoms with Crippen LogP contribution in [-0.2, 0) is 4.79 Å². The summed E-state index contributed by atoms with van der Waals surface area (Å²) in [6, 6.07) is 18.2. The van der Waals surface area contributed by atoms with E-state index in [4.69, 9.17) is 4.74 Å². The van der Waals surface area contributed by atoms with E-state index in [0.29, 0.717) is 5.92 Å². The SMILES string of the molecule is CC(=O)Nc1cccc(C2=CC=CC=C3CC2CC=C(CCCOc2ccccc2)S3)c1. The highest BCUT2D eigenvalue weighted by Crippen LogP contribution is 2.43. The first-order valence-electron chi connectivity index (χ1n) is 11.2. The molecule has 2 bridgehead atoms. The fourth-order valence-corrected chi connectivity index (χ4v) is 5.26. The van der Waals surface area contributed by atoms with Crippen LogP contribution in [0.2, 0.25) is 0 Å². The maximum absolute atomic E-state index is 11.5. The summed E-state index contributed by atoms with van der Waals surface area (Å²) in [5, 5.41) is 2.90. The predicted octanol–water partition coefficient (Wildman–Crippen LogP) is 7.37. The molecule has 0 fully saturated rings. The highest BCUT2D eigenvalue weighted by molar-refractivity contribution is 8.06. The lowest BCUT2D eigenvalue weighted by Crippen LogP contribution is -2.07. The normalized spacial score (nSPS) is 17.8. The van der Waals surface area contributed by atoms with Crippen molar-refractivity contribution in [2.24, 2.45) is 5.92 Å². The van der Waals surface area contributed by atoms with Gasteiger partial charge in [-0.1, -0.05) is 72.5 Å². The van der Waals surface area contributed by atoms with E-state index >= 15 is 0 Å². The Labute approximate surface area is 195 Å².